The molecule has 0 fully saturated rings. The highest BCUT2D eigenvalue weighted by atomic mass is 16.5. The highest BCUT2D eigenvalue weighted by molar-refractivity contribution is 6.03. The molecule has 0 spiro atoms. The summed E-state index contributed by atoms with van der Waals surface area (Å²) in [6, 6.07) is 17.4. The van der Waals surface area contributed by atoms with Gasteiger partial charge < -0.3 is 14.3 Å². The van der Waals surface area contributed by atoms with Gasteiger partial charge in [0.2, 0.25) is 0 Å². The second-order valence-electron chi connectivity index (χ2n) is 5.52. The number of benzene rings is 3. The summed E-state index contributed by atoms with van der Waals surface area (Å²) in [4.78, 5) is 11.7. The number of phenols is 1. The highest BCUT2D eigenvalue weighted by Gasteiger charge is 2.19. The number of phenolic OH excluding ortho intramolecular Hbond substituents is 1. The minimum Gasteiger partial charge on any atom is -0.508 e. The molecule has 2 aromatic carbocycles. The molecule has 0 aromatic heterocycles. The van der Waals surface area contributed by atoms with Crippen molar-refractivity contribution in [2.45, 2.75) is 0 Å². The first-order chi connectivity index (χ1) is 11.7. The molecule has 118 valence electrons. The third kappa shape index (κ3) is 2.20. The van der Waals surface area contributed by atoms with Crippen LogP contribution in [0.1, 0.15) is 0 Å². The third-order valence-corrected chi connectivity index (χ3v) is 4.05. The fourth-order valence-electron chi connectivity index (χ4n) is 3.00. The van der Waals surface area contributed by atoms with Crippen LogP contribution in [0.15, 0.2) is 69.9 Å². The first-order valence-corrected chi connectivity index (χ1v) is 7.50. The van der Waals surface area contributed by atoms with Gasteiger partial charge >= 0.3 is 0 Å². The first-order valence-electron chi connectivity index (χ1n) is 7.50. The maximum Gasteiger partial charge on any atom is 0.182 e. The zero-order valence-electron chi connectivity index (χ0n) is 12.9. The van der Waals surface area contributed by atoms with E-state index >= 15 is 0 Å². The molecule has 2 aliphatic rings. The average molecular weight is 318 g/mol. The Balaban J connectivity index is 2.21. The number of aromatic hydroxyl groups is 1. The van der Waals surface area contributed by atoms with Crippen LogP contribution in [0, 0.1) is 0 Å². The van der Waals surface area contributed by atoms with Crippen LogP contribution in [-0.4, -0.2) is 12.2 Å². The third-order valence-electron chi connectivity index (χ3n) is 4.05. The summed E-state index contributed by atoms with van der Waals surface area (Å²) in [6.07, 6.45) is 0. The number of para-hydroxylation sites is 1. The van der Waals surface area contributed by atoms with E-state index in [1.165, 1.54) is 12.1 Å². The lowest BCUT2D eigenvalue weighted by atomic mass is 9.93. The van der Waals surface area contributed by atoms with Crippen molar-refractivity contribution in [2.75, 3.05) is 7.11 Å². The van der Waals surface area contributed by atoms with E-state index in [-0.39, 0.29) is 11.2 Å². The van der Waals surface area contributed by atoms with Gasteiger partial charge in [-0.15, -0.1) is 0 Å². The number of rotatable bonds is 2. The zero-order valence-corrected chi connectivity index (χ0v) is 12.9. The molecular formula is C20H14O4. The lowest BCUT2D eigenvalue weighted by Crippen LogP contribution is -2.00. The van der Waals surface area contributed by atoms with Crippen molar-refractivity contribution in [2.24, 2.45) is 0 Å². The summed E-state index contributed by atoms with van der Waals surface area (Å²) in [7, 11) is 1.62. The molecule has 1 aliphatic heterocycles. The van der Waals surface area contributed by atoms with E-state index in [1.807, 2.05) is 24.3 Å². The van der Waals surface area contributed by atoms with Gasteiger partial charge in [-0.05, 0) is 30.3 Å². The Labute approximate surface area is 137 Å². The van der Waals surface area contributed by atoms with Crippen molar-refractivity contribution < 1.29 is 14.3 Å². The Morgan fingerprint density at radius 3 is 2.62 bits per heavy atom. The van der Waals surface area contributed by atoms with Crippen LogP contribution in [0.25, 0.3) is 33.4 Å². The Morgan fingerprint density at radius 2 is 1.79 bits per heavy atom. The summed E-state index contributed by atoms with van der Waals surface area (Å²) in [6.45, 7) is 0. The predicted molar refractivity (Wildman–Crippen MR) is 92.8 cm³/mol. The van der Waals surface area contributed by atoms with Gasteiger partial charge in [0, 0.05) is 34.2 Å². The molecule has 0 bridgehead atoms. The van der Waals surface area contributed by atoms with E-state index in [9.17, 15) is 9.90 Å². The monoisotopic (exact) mass is 318 g/mol. The SMILES string of the molecule is COc1ccccc1-c1c2ccc(=O)cc-2oc2cc(O)ccc12. The van der Waals surface area contributed by atoms with Gasteiger partial charge in [0.25, 0.3) is 0 Å². The molecule has 0 atom stereocenters. The fraction of sp³-hybridized carbons (Fsp3) is 0.0500. The first kappa shape index (κ1) is 14.3. The maximum absolute atomic E-state index is 11.7. The smallest absolute Gasteiger partial charge is 0.182 e. The molecule has 0 radical (unpaired) electrons. The van der Waals surface area contributed by atoms with Gasteiger partial charge in [-0.25, -0.2) is 0 Å². The normalized spacial score (nSPS) is 11.0. The second-order valence-corrected chi connectivity index (χ2v) is 5.52. The van der Waals surface area contributed by atoms with Gasteiger partial charge in [0.15, 0.2) is 5.43 Å². The van der Waals surface area contributed by atoms with Crippen molar-refractivity contribution in [1.29, 1.82) is 0 Å². The highest BCUT2D eigenvalue weighted by Crippen LogP contribution is 2.43. The lowest BCUT2D eigenvalue weighted by Gasteiger charge is -2.17. The molecule has 0 saturated heterocycles. The van der Waals surface area contributed by atoms with Crippen molar-refractivity contribution in [3.05, 3.63) is 70.9 Å². The van der Waals surface area contributed by atoms with Gasteiger partial charge in [0.1, 0.15) is 22.8 Å². The van der Waals surface area contributed by atoms with E-state index < -0.39 is 0 Å². The van der Waals surface area contributed by atoms with Crippen LogP contribution in [-0.2, 0) is 0 Å². The van der Waals surface area contributed by atoms with Crippen LogP contribution in [0.3, 0.4) is 0 Å². The van der Waals surface area contributed by atoms with E-state index in [0.29, 0.717) is 11.3 Å². The Bertz CT molecular complexity index is 1080. The van der Waals surface area contributed by atoms with E-state index in [2.05, 4.69) is 0 Å². The Kier molecular flexibility index (Phi) is 3.24. The summed E-state index contributed by atoms with van der Waals surface area (Å²) in [5.74, 6) is 1.31. The molecule has 0 saturated carbocycles. The minimum absolute atomic E-state index is 0.106. The number of ether oxygens (including phenoxy) is 1. The number of hydrogen-bond donors (Lipinski definition) is 1. The van der Waals surface area contributed by atoms with Gasteiger partial charge in [-0.1, -0.05) is 18.2 Å². The lowest BCUT2D eigenvalue weighted by molar-refractivity contribution is 0.416. The quantitative estimate of drug-likeness (QED) is 0.560. The summed E-state index contributed by atoms with van der Waals surface area (Å²) >= 11 is 0. The molecule has 1 aliphatic carbocycles. The number of fused-ring (bicyclic) bond motifs is 2. The standard InChI is InChI=1S/C20H14O4/c1-23-17-5-3-2-4-14(17)20-15-8-6-12(21)10-18(15)24-19-11-13(22)7-9-16(19)20/h2-11,21H,1H3. The molecule has 1 N–H and O–H groups in total. The van der Waals surface area contributed by atoms with Crippen LogP contribution < -0.4 is 10.2 Å². The molecule has 4 heteroatoms. The number of hydrogen-bond acceptors (Lipinski definition) is 4. The molecule has 24 heavy (non-hydrogen) atoms. The average Bonchev–Trinajstić information content (AvgIpc) is 2.59. The van der Waals surface area contributed by atoms with Gasteiger partial charge in [0.05, 0.1) is 7.11 Å². The Hall–Kier alpha value is -3.27. The van der Waals surface area contributed by atoms with E-state index in [1.54, 1.807) is 31.4 Å². The zero-order chi connectivity index (χ0) is 16.7. The predicted octanol–water partition coefficient (Wildman–Crippen LogP) is 4.28. The molecule has 4 nitrogen and oxygen atoms in total. The number of methoxy groups -OCH3 is 1. The fourth-order valence-corrected chi connectivity index (χ4v) is 3.00. The molecule has 0 amide bonds. The van der Waals surface area contributed by atoms with Crippen molar-refractivity contribution in [3.8, 4) is 33.9 Å². The van der Waals surface area contributed by atoms with Crippen LogP contribution in [0.2, 0.25) is 0 Å². The Morgan fingerprint density at radius 1 is 0.958 bits per heavy atom. The maximum atomic E-state index is 11.7. The van der Waals surface area contributed by atoms with Crippen LogP contribution in [0.5, 0.6) is 11.5 Å². The topological polar surface area (TPSA) is 59.7 Å². The van der Waals surface area contributed by atoms with Crippen molar-refractivity contribution in [3.63, 3.8) is 0 Å². The molecule has 4 rings (SSSR count). The second kappa shape index (κ2) is 5.42. The van der Waals surface area contributed by atoms with E-state index in [4.69, 9.17) is 9.15 Å². The van der Waals surface area contributed by atoms with Crippen molar-refractivity contribution in [1.82, 2.24) is 0 Å². The molecule has 2 aromatic rings. The summed E-state index contributed by atoms with van der Waals surface area (Å²) < 4.78 is 11.3. The summed E-state index contributed by atoms with van der Waals surface area (Å²) in [5, 5.41) is 10.6. The molecular weight excluding hydrogens is 304 g/mol. The van der Waals surface area contributed by atoms with Gasteiger partial charge in [-0.2, -0.15) is 0 Å². The molecule has 1 heterocycles. The molecule has 0 unspecified atom stereocenters. The van der Waals surface area contributed by atoms with Crippen molar-refractivity contribution >= 4 is 11.0 Å². The van der Waals surface area contributed by atoms with Crippen LogP contribution in [0.4, 0.5) is 0 Å². The van der Waals surface area contributed by atoms with Gasteiger partial charge in [-0.3, -0.25) is 4.79 Å². The largest absolute Gasteiger partial charge is 0.508 e. The minimum atomic E-state index is -0.128. The van der Waals surface area contributed by atoms with Crippen LogP contribution >= 0.6 is 0 Å². The van der Waals surface area contributed by atoms with E-state index in [0.717, 1.165) is 27.8 Å². The summed E-state index contributed by atoms with van der Waals surface area (Å²) in [5.41, 5.74) is 3.00.